The lowest BCUT2D eigenvalue weighted by molar-refractivity contribution is 0.227. The maximum atomic E-state index is 8.47. The van der Waals surface area contributed by atoms with Crippen LogP contribution in [0.15, 0.2) is 0 Å². The highest BCUT2D eigenvalue weighted by Crippen LogP contribution is 2.20. The number of hydrogen-bond donors (Lipinski definition) is 1. The number of aliphatic hydroxyl groups excluding tert-OH is 1. The van der Waals surface area contributed by atoms with Crippen LogP contribution in [0.1, 0.15) is 20.3 Å². The first-order valence-corrected chi connectivity index (χ1v) is 3.33. The lowest BCUT2D eigenvalue weighted by Crippen LogP contribution is -2.14. The summed E-state index contributed by atoms with van der Waals surface area (Å²) in [5, 5.41) is 8.47. The topological polar surface area (TPSA) is 20.2 Å². The summed E-state index contributed by atoms with van der Waals surface area (Å²) in [5.74, 6) is 0.619. The van der Waals surface area contributed by atoms with E-state index in [1.807, 2.05) is 13.8 Å². The van der Waals surface area contributed by atoms with Gasteiger partial charge in [-0.1, -0.05) is 13.8 Å². The summed E-state index contributed by atoms with van der Waals surface area (Å²) in [4.78, 5) is 0. The van der Waals surface area contributed by atoms with Gasteiger partial charge in [-0.2, -0.15) is 0 Å². The van der Waals surface area contributed by atoms with E-state index in [1.54, 1.807) is 0 Å². The molecule has 0 aromatic heterocycles. The van der Waals surface area contributed by atoms with E-state index in [9.17, 15) is 0 Å². The predicted octanol–water partition coefficient (Wildman–Crippen LogP) is 1.63. The number of alkyl halides is 1. The highest BCUT2D eigenvalue weighted by Gasteiger charge is 2.14. The second kappa shape index (κ2) is 3.31. The molecule has 1 nitrogen and oxygen atoms in total. The van der Waals surface area contributed by atoms with Gasteiger partial charge in [0.25, 0.3) is 0 Å². The Kier molecular flexibility index (Phi) is 3.41. The molecule has 1 N–H and O–H groups in total. The van der Waals surface area contributed by atoms with Crippen LogP contribution in [-0.4, -0.2) is 17.6 Å². The fourth-order valence-corrected chi connectivity index (χ4v) is 0.503. The quantitative estimate of drug-likeness (QED) is 0.585. The normalized spacial score (nSPS) is 12.0. The Morgan fingerprint density at radius 1 is 1.50 bits per heavy atom. The molecule has 0 saturated heterocycles. The van der Waals surface area contributed by atoms with Gasteiger partial charge in [-0.3, -0.25) is 0 Å². The van der Waals surface area contributed by atoms with Gasteiger partial charge < -0.3 is 5.11 Å². The Hall–Kier alpha value is 0.250. The SMILES string of the molecule is CC(C)(CCl)CCO. The molecule has 0 aliphatic carbocycles. The Bertz CT molecular complexity index is 61.5. The second-order valence-electron chi connectivity index (χ2n) is 2.77. The van der Waals surface area contributed by atoms with Crippen molar-refractivity contribution in [1.82, 2.24) is 0 Å². The Morgan fingerprint density at radius 3 is 2.12 bits per heavy atom. The van der Waals surface area contributed by atoms with Crippen molar-refractivity contribution in [2.75, 3.05) is 12.5 Å². The monoisotopic (exact) mass is 136 g/mol. The third-order valence-corrected chi connectivity index (χ3v) is 1.87. The highest BCUT2D eigenvalue weighted by molar-refractivity contribution is 6.18. The molecule has 0 amide bonds. The number of halogens is 1. The van der Waals surface area contributed by atoms with Gasteiger partial charge in [0.2, 0.25) is 0 Å². The molecule has 0 unspecified atom stereocenters. The van der Waals surface area contributed by atoms with Crippen molar-refractivity contribution in [2.24, 2.45) is 5.41 Å². The minimum Gasteiger partial charge on any atom is -0.396 e. The van der Waals surface area contributed by atoms with Gasteiger partial charge in [-0.05, 0) is 11.8 Å². The first kappa shape index (κ1) is 8.25. The highest BCUT2D eigenvalue weighted by atomic mass is 35.5. The zero-order valence-corrected chi connectivity index (χ0v) is 6.20. The van der Waals surface area contributed by atoms with E-state index in [0.717, 1.165) is 6.42 Å². The van der Waals surface area contributed by atoms with E-state index in [1.165, 1.54) is 0 Å². The largest absolute Gasteiger partial charge is 0.396 e. The number of aliphatic hydroxyl groups is 1. The van der Waals surface area contributed by atoms with Gasteiger partial charge in [0.05, 0.1) is 0 Å². The standard InChI is InChI=1S/C6H13ClO/c1-6(2,5-7)3-4-8/h8H,3-5H2,1-2H3. The maximum Gasteiger partial charge on any atom is 0.0436 e. The molecule has 0 fully saturated rings. The van der Waals surface area contributed by atoms with Crippen LogP contribution in [-0.2, 0) is 0 Å². The van der Waals surface area contributed by atoms with E-state index in [4.69, 9.17) is 16.7 Å². The lowest BCUT2D eigenvalue weighted by atomic mass is 9.93. The van der Waals surface area contributed by atoms with E-state index in [2.05, 4.69) is 0 Å². The minimum absolute atomic E-state index is 0.107. The van der Waals surface area contributed by atoms with Gasteiger partial charge >= 0.3 is 0 Å². The fraction of sp³-hybridized carbons (Fsp3) is 1.00. The van der Waals surface area contributed by atoms with Gasteiger partial charge in [0.1, 0.15) is 0 Å². The average Bonchev–Trinajstić information content (AvgIpc) is 1.67. The van der Waals surface area contributed by atoms with Crippen molar-refractivity contribution in [3.8, 4) is 0 Å². The summed E-state index contributed by atoms with van der Waals surface area (Å²) in [6.45, 7) is 4.31. The predicted molar refractivity (Wildman–Crippen MR) is 36.2 cm³/mol. The summed E-state index contributed by atoms with van der Waals surface area (Å²) in [6.07, 6.45) is 0.788. The van der Waals surface area contributed by atoms with Gasteiger partial charge in [-0.25, -0.2) is 0 Å². The van der Waals surface area contributed by atoms with Crippen molar-refractivity contribution >= 4 is 11.6 Å². The molecule has 0 atom stereocenters. The zero-order chi connectivity index (χ0) is 6.62. The molecule has 0 aromatic rings. The zero-order valence-electron chi connectivity index (χ0n) is 5.45. The van der Waals surface area contributed by atoms with Crippen LogP contribution in [0, 0.1) is 5.41 Å². The molecule has 0 radical (unpaired) electrons. The molecule has 0 bridgehead atoms. The fourth-order valence-electron chi connectivity index (χ4n) is 0.369. The van der Waals surface area contributed by atoms with Gasteiger partial charge in [0, 0.05) is 12.5 Å². The molecule has 0 spiro atoms. The van der Waals surface area contributed by atoms with Crippen LogP contribution < -0.4 is 0 Å². The molecule has 0 aliphatic rings. The van der Waals surface area contributed by atoms with Crippen LogP contribution in [0.25, 0.3) is 0 Å². The van der Waals surface area contributed by atoms with Crippen LogP contribution >= 0.6 is 11.6 Å². The lowest BCUT2D eigenvalue weighted by Gasteiger charge is -2.18. The third-order valence-electron chi connectivity index (χ3n) is 1.15. The van der Waals surface area contributed by atoms with Crippen LogP contribution in [0.2, 0.25) is 0 Å². The van der Waals surface area contributed by atoms with E-state index in [-0.39, 0.29) is 12.0 Å². The second-order valence-corrected chi connectivity index (χ2v) is 3.04. The smallest absolute Gasteiger partial charge is 0.0436 e. The summed E-state index contributed by atoms with van der Waals surface area (Å²) in [6, 6.07) is 0. The summed E-state index contributed by atoms with van der Waals surface area (Å²) in [5.41, 5.74) is 0.107. The number of rotatable bonds is 3. The van der Waals surface area contributed by atoms with E-state index < -0.39 is 0 Å². The molecule has 0 aliphatic heterocycles. The Morgan fingerprint density at radius 2 is 2.00 bits per heavy atom. The van der Waals surface area contributed by atoms with E-state index >= 15 is 0 Å². The van der Waals surface area contributed by atoms with Crippen LogP contribution in [0.4, 0.5) is 0 Å². The molecule has 2 heteroatoms. The van der Waals surface area contributed by atoms with Gasteiger partial charge in [-0.15, -0.1) is 11.6 Å². The van der Waals surface area contributed by atoms with Crippen molar-refractivity contribution in [2.45, 2.75) is 20.3 Å². The molecule has 0 aromatic carbocycles. The maximum absolute atomic E-state index is 8.47. The van der Waals surface area contributed by atoms with Crippen molar-refractivity contribution < 1.29 is 5.11 Å². The summed E-state index contributed by atoms with van der Waals surface area (Å²) < 4.78 is 0. The van der Waals surface area contributed by atoms with Crippen molar-refractivity contribution in [3.63, 3.8) is 0 Å². The molecule has 8 heavy (non-hydrogen) atoms. The van der Waals surface area contributed by atoms with E-state index in [0.29, 0.717) is 5.88 Å². The van der Waals surface area contributed by atoms with Crippen LogP contribution in [0.5, 0.6) is 0 Å². The molecular formula is C6H13ClO. The van der Waals surface area contributed by atoms with Crippen molar-refractivity contribution in [3.05, 3.63) is 0 Å². The summed E-state index contributed by atoms with van der Waals surface area (Å²) in [7, 11) is 0. The molecular weight excluding hydrogens is 124 g/mol. The average molecular weight is 137 g/mol. The minimum atomic E-state index is 0.107. The molecule has 0 saturated carbocycles. The molecule has 0 heterocycles. The van der Waals surface area contributed by atoms with Crippen LogP contribution in [0.3, 0.4) is 0 Å². The third kappa shape index (κ3) is 3.28. The molecule has 0 rings (SSSR count). The van der Waals surface area contributed by atoms with Gasteiger partial charge in [0.15, 0.2) is 0 Å². The first-order valence-electron chi connectivity index (χ1n) is 2.79. The number of hydrogen-bond acceptors (Lipinski definition) is 1. The Labute approximate surface area is 55.7 Å². The Balaban J connectivity index is 3.37. The van der Waals surface area contributed by atoms with Crippen molar-refractivity contribution in [1.29, 1.82) is 0 Å². The first-order chi connectivity index (χ1) is 3.62. The molecule has 50 valence electrons. The summed E-state index contributed by atoms with van der Waals surface area (Å²) >= 11 is 5.56.